The fraction of sp³-hybridized carbons (Fsp3) is 0.576. The molecule has 294 valence electrons. The van der Waals surface area contributed by atoms with Crippen LogP contribution in [0.5, 0.6) is 11.5 Å². The van der Waals surface area contributed by atoms with Crippen LogP contribution in [0.4, 0.5) is 0 Å². The molecule has 6 rings (SSSR count). The van der Waals surface area contributed by atoms with Crippen molar-refractivity contribution in [1.82, 2.24) is 0 Å². The molecule has 0 bridgehead atoms. The van der Waals surface area contributed by atoms with Crippen molar-refractivity contribution in [2.45, 2.75) is 92.1 Å². The highest BCUT2D eigenvalue weighted by Crippen LogP contribution is 2.41. The first-order valence-electron chi connectivity index (χ1n) is 16.5. The van der Waals surface area contributed by atoms with Gasteiger partial charge in [0.15, 0.2) is 23.9 Å². The fourth-order valence-corrected chi connectivity index (χ4v) is 6.42. The average molecular weight is 760 g/mol. The largest absolute Gasteiger partial charge is 0.571 e. The van der Waals surface area contributed by atoms with Gasteiger partial charge in [-0.15, -0.1) is 0 Å². The minimum atomic E-state index is -1.86. The molecule has 20 heteroatoms. The van der Waals surface area contributed by atoms with E-state index in [4.69, 9.17) is 37.9 Å². The molecule has 15 unspecified atom stereocenters. The molecule has 1 aliphatic carbocycles. The molecule has 3 saturated heterocycles. The van der Waals surface area contributed by atoms with Crippen LogP contribution in [-0.2, 0) is 28.4 Å². The highest BCUT2D eigenvalue weighted by Gasteiger charge is 2.52. The molecule has 15 atom stereocenters. The number of hydrogen-bond donors (Lipinski definition) is 12. The number of methoxy groups -OCH3 is 1. The zero-order valence-electron chi connectivity index (χ0n) is 27.9. The summed E-state index contributed by atoms with van der Waals surface area (Å²) in [5, 5.41) is 124. The molecular weight excluding hydrogens is 716 g/mol. The summed E-state index contributed by atoms with van der Waals surface area (Å²) in [5.74, 6) is -0.822. The van der Waals surface area contributed by atoms with Gasteiger partial charge in [0.2, 0.25) is 24.4 Å². The van der Waals surface area contributed by atoms with E-state index >= 15 is 0 Å². The lowest BCUT2D eigenvalue weighted by molar-refractivity contribution is -0.330. The highest BCUT2D eigenvalue weighted by molar-refractivity contribution is 5.69. The fourth-order valence-electron chi connectivity index (χ4n) is 6.42. The summed E-state index contributed by atoms with van der Waals surface area (Å²) < 4.78 is 44.6. The zero-order valence-corrected chi connectivity index (χ0v) is 27.9. The second-order valence-corrected chi connectivity index (χ2v) is 12.8. The Kier molecular flexibility index (Phi) is 11.8. The molecule has 0 spiro atoms. The van der Waals surface area contributed by atoms with Gasteiger partial charge in [-0.3, -0.25) is 0 Å². The topological polar surface area (TPSA) is 320 Å². The van der Waals surface area contributed by atoms with Gasteiger partial charge in [0.1, 0.15) is 72.6 Å². The van der Waals surface area contributed by atoms with Crippen LogP contribution in [-0.4, -0.2) is 185 Å². The lowest BCUT2D eigenvalue weighted by atomic mass is 9.96. The van der Waals surface area contributed by atoms with Crippen molar-refractivity contribution >= 4 is 5.76 Å². The minimum Gasteiger partial charge on any atom is -0.571 e. The number of aliphatic hydroxyl groups is 13. The van der Waals surface area contributed by atoms with Crippen LogP contribution in [0.2, 0.25) is 0 Å². The van der Waals surface area contributed by atoms with Gasteiger partial charge in [-0.1, -0.05) is 0 Å². The number of aliphatic hydroxyl groups excluding tert-OH is 11. The summed E-state index contributed by atoms with van der Waals surface area (Å²) in [6, 6.07) is 4.17. The van der Waals surface area contributed by atoms with E-state index in [0.29, 0.717) is 0 Å². The van der Waals surface area contributed by atoms with Crippen molar-refractivity contribution in [3.8, 4) is 11.5 Å². The van der Waals surface area contributed by atoms with E-state index in [9.17, 15) is 61.3 Å². The second-order valence-electron chi connectivity index (χ2n) is 12.8. The summed E-state index contributed by atoms with van der Waals surface area (Å²) >= 11 is 0. The second kappa shape index (κ2) is 16.0. The lowest BCUT2D eigenvalue weighted by Gasteiger charge is -2.43. The molecule has 4 heterocycles. The van der Waals surface area contributed by atoms with Gasteiger partial charge in [-0.2, -0.15) is 0 Å². The van der Waals surface area contributed by atoms with E-state index in [1.807, 2.05) is 0 Å². The Morgan fingerprint density at radius 1 is 0.679 bits per heavy atom. The molecule has 4 aliphatic heterocycles. The summed E-state index contributed by atoms with van der Waals surface area (Å²) in [7, 11) is 1.31. The normalized spacial score (nSPS) is 40.1. The van der Waals surface area contributed by atoms with Gasteiger partial charge in [-0.25, -0.2) is 0 Å². The number of phenolic OH excluding ortho intramolecular Hbond substituents is 1. The number of fused-ring (bicyclic) bond motifs is 1. The van der Waals surface area contributed by atoms with Gasteiger partial charge >= 0.3 is 5.76 Å². The van der Waals surface area contributed by atoms with Gasteiger partial charge in [-0.05, 0) is 12.1 Å². The van der Waals surface area contributed by atoms with E-state index in [1.165, 1.54) is 37.5 Å². The average Bonchev–Trinajstić information content (AvgIpc) is 3.42. The highest BCUT2D eigenvalue weighted by atomic mass is 16.8. The van der Waals surface area contributed by atoms with E-state index < -0.39 is 112 Å². The standard InChI is InChI=1S/C33H42O20/c1-46-17-4-11(2-3-14(17)38)29-18(49-33-30(26(43)23(40)20(9-35)52-33)53-32-27(44)24(41)21(10-36)51-32)7-13-15(47-29)5-12(37)6-16(13)48-31-28(45)25(42)22(39)19(8-34)50-31/h2-7,15,19-28,30-45H,8-10H2,1H3/p+1. The Morgan fingerprint density at radius 2 is 1.26 bits per heavy atom. The zero-order chi connectivity index (χ0) is 38.3. The molecular formula is C33H43O20+. The Morgan fingerprint density at radius 3 is 1.91 bits per heavy atom. The molecule has 0 aromatic heterocycles. The molecule has 53 heavy (non-hydrogen) atoms. The van der Waals surface area contributed by atoms with Crippen LogP contribution >= 0.6 is 0 Å². The van der Waals surface area contributed by atoms with Crippen LogP contribution in [0, 0.1) is 0 Å². The number of aromatic hydroxyl groups is 1. The minimum absolute atomic E-state index is 0.0336. The van der Waals surface area contributed by atoms with Crippen LogP contribution in [0.3, 0.4) is 0 Å². The molecule has 1 aromatic carbocycles. The first-order valence-corrected chi connectivity index (χ1v) is 16.5. The maximum absolute atomic E-state index is 11.2. The Bertz CT molecular complexity index is 1590. The first kappa shape index (κ1) is 39.1. The van der Waals surface area contributed by atoms with Crippen molar-refractivity contribution in [2.24, 2.45) is 0 Å². The van der Waals surface area contributed by atoms with Gasteiger partial charge in [0, 0.05) is 18.2 Å². The number of hydrogen-bond acceptors (Lipinski definition) is 19. The van der Waals surface area contributed by atoms with Crippen molar-refractivity contribution in [3.05, 3.63) is 64.8 Å². The molecule has 1 aromatic rings. The van der Waals surface area contributed by atoms with Crippen LogP contribution < -0.4 is 4.74 Å². The number of allylic oxidation sites excluding steroid dienone is 2. The number of benzene rings is 1. The van der Waals surface area contributed by atoms with Crippen molar-refractivity contribution in [2.75, 3.05) is 26.9 Å². The summed E-state index contributed by atoms with van der Waals surface area (Å²) in [5.41, 5.74) is 0.431. The smallest absolute Gasteiger partial charge is 0.305 e. The van der Waals surface area contributed by atoms with E-state index in [0.717, 1.165) is 6.08 Å². The Labute approximate surface area is 300 Å². The third kappa shape index (κ3) is 7.57. The number of rotatable bonds is 11. The summed E-state index contributed by atoms with van der Waals surface area (Å²) in [6.07, 6.45) is -20.1. The van der Waals surface area contributed by atoms with Gasteiger partial charge < -0.3 is 99.2 Å². The number of phenols is 1. The summed E-state index contributed by atoms with van der Waals surface area (Å²) in [4.78, 5) is 0. The summed E-state index contributed by atoms with van der Waals surface area (Å²) in [6.45, 7) is -2.22. The van der Waals surface area contributed by atoms with E-state index in [2.05, 4.69) is 0 Å². The number of ether oxygens (including phenoxy) is 8. The molecule has 0 radical (unpaired) electrons. The molecule has 0 amide bonds. The van der Waals surface area contributed by atoms with Gasteiger partial charge in [0.25, 0.3) is 0 Å². The maximum Gasteiger partial charge on any atom is 0.305 e. The molecule has 20 nitrogen and oxygen atoms in total. The van der Waals surface area contributed by atoms with Crippen molar-refractivity contribution < 1.29 is 99.2 Å². The molecule has 13 N–H and O–H groups in total. The van der Waals surface area contributed by atoms with E-state index in [1.54, 1.807) is 0 Å². The Balaban J connectivity index is 1.40. The van der Waals surface area contributed by atoms with E-state index in [-0.39, 0.29) is 45.7 Å². The third-order valence-corrected chi connectivity index (χ3v) is 9.40. The van der Waals surface area contributed by atoms with Crippen molar-refractivity contribution in [3.63, 3.8) is 0 Å². The SMILES string of the molecule is COc1cc(C2=C(OC3OC(CO)C(O)C(O)C3OC3OC(CO)C(O)C3O)C=C3C(OC4OC(CO)C(O)C(O)C4O)=CC(O)=CC3[OH+]2)ccc1O. The predicted molar refractivity (Wildman–Crippen MR) is 171 cm³/mol. The van der Waals surface area contributed by atoms with Gasteiger partial charge in [0.05, 0.1) is 44.1 Å². The molecule has 5 aliphatic rings. The maximum atomic E-state index is 11.2. The van der Waals surface area contributed by atoms with Crippen molar-refractivity contribution in [1.29, 1.82) is 0 Å². The van der Waals surface area contributed by atoms with Crippen LogP contribution in [0.25, 0.3) is 5.76 Å². The molecule has 0 saturated carbocycles. The lowest BCUT2D eigenvalue weighted by Crippen LogP contribution is -2.61. The predicted octanol–water partition coefficient (Wildman–Crippen LogP) is -4.66. The monoisotopic (exact) mass is 759 g/mol. The van der Waals surface area contributed by atoms with Crippen LogP contribution in [0.1, 0.15) is 5.56 Å². The Hall–Kier alpha value is -3.58. The van der Waals surface area contributed by atoms with Crippen LogP contribution in [0.15, 0.2) is 59.3 Å². The third-order valence-electron chi connectivity index (χ3n) is 9.40. The first-order chi connectivity index (χ1) is 25.3. The quantitative estimate of drug-likeness (QED) is 0.0944. The molecule has 3 fully saturated rings.